The van der Waals surface area contributed by atoms with Crippen LogP contribution >= 0.6 is 11.6 Å². The molecule has 0 heterocycles. The van der Waals surface area contributed by atoms with Crippen LogP contribution in [0.5, 0.6) is 0 Å². The first kappa shape index (κ1) is 14.1. The first-order valence-electron chi connectivity index (χ1n) is 6.69. The van der Waals surface area contributed by atoms with Gasteiger partial charge in [0.05, 0.1) is 4.92 Å². The number of rotatable bonds is 3. The Morgan fingerprint density at radius 1 is 1.37 bits per heavy atom. The molecule has 5 heteroatoms. The Hall–Kier alpha value is -1.29. The Morgan fingerprint density at radius 2 is 2.11 bits per heavy atom. The number of nitrogens with zero attached hydrogens (tertiary/aromatic N) is 1. The average molecular weight is 283 g/mol. The molecule has 3 atom stereocenters. The number of anilines is 1. The molecule has 1 saturated carbocycles. The molecule has 0 bridgehead atoms. The van der Waals surface area contributed by atoms with Crippen LogP contribution in [0.2, 0.25) is 5.02 Å². The van der Waals surface area contributed by atoms with E-state index in [9.17, 15) is 10.1 Å². The zero-order valence-electron chi connectivity index (χ0n) is 11.2. The number of hydrogen-bond donors (Lipinski definition) is 1. The van der Waals surface area contributed by atoms with E-state index in [4.69, 9.17) is 11.6 Å². The minimum absolute atomic E-state index is 0.0924. The maximum absolute atomic E-state index is 11.0. The molecule has 1 N–H and O–H groups in total. The average Bonchev–Trinajstić information content (AvgIpc) is 2.35. The molecule has 0 aromatic heterocycles. The number of nitro groups is 1. The lowest BCUT2D eigenvalue weighted by molar-refractivity contribution is -0.384. The Balaban J connectivity index is 2.22. The van der Waals surface area contributed by atoms with Gasteiger partial charge in [0, 0.05) is 17.1 Å². The van der Waals surface area contributed by atoms with Gasteiger partial charge in [0.15, 0.2) is 0 Å². The van der Waals surface area contributed by atoms with E-state index in [0.717, 1.165) is 12.8 Å². The predicted octanol–water partition coefficient (Wildman–Crippen LogP) is 4.48. The molecule has 4 nitrogen and oxygen atoms in total. The monoisotopic (exact) mass is 282 g/mol. The van der Waals surface area contributed by atoms with Gasteiger partial charge in [0.25, 0.3) is 5.69 Å². The molecular formula is C14H19ClN2O2. The quantitative estimate of drug-likeness (QED) is 0.657. The summed E-state index contributed by atoms with van der Waals surface area (Å²) in [6.45, 7) is 4.45. The summed E-state index contributed by atoms with van der Waals surface area (Å²) in [4.78, 5) is 10.7. The van der Waals surface area contributed by atoms with Crippen LogP contribution in [-0.2, 0) is 0 Å². The van der Waals surface area contributed by atoms with Crippen molar-refractivity contribution in [2.24, 2.45) is 11.8 Å². The Kier molecular flexibility index (Phi) is 4.30. The van der Waals surface area contributed by atoms with Crippen molar-refractivity contribution in [3.8, 4) is 0 Å². The normalized spacial score (nSPS) is 27.0. The van der Waals surface area contributed by atoms with Gasteiger partial charge in [-0.3, -0.25) is 10.1 Å². The SMILES string of the molecule is CC1CCCC(Nc2cc(Cl)ccc2[N+](=O)[O-])C1C. The zero-order chi connectivity index (χ0) is 14.0. The van der Waals surface area contributed by atoms with Crippen molar-refractivity contribution in [1.29, 1.82) is 0 Å². The summed E-state index contributed by atoms with van der Waals surface area (Å²) >= 11 is 5.94. The number of benzene rings is 1. The van der Waals surface area contributed by atoms with E-state index < -0.39 is 0 Å². The maximum atomic E-state index is 11.0. The van der Waals surface area contributed by atoms with Crippen LogP contribution in [0.15, 0.2) is 18.2 Å². The summed E-state index contributed by atoms with van der Waals surface area (Å²) in [5, 5.41) is 14.9. The molecule has 1 aliphatic rings. The Bertz CT molecular complexity index is 479. The molecule has 19 heavy (non-hydrogen) atoms. The second kappa shape index (κ2) is 5.78. The van der Waals surface area contributed by atoms with E-state index in [2.05, 4.69) is 19.2 Å². The van der Waals surface area contributed by atoms with E-state index in [-0.39, 0.29) is 16.7 Å². The van der Waals surface area contributed by atoms with Gasteiger partial charge >= 0.3 is 0 Å². The van der Waals surface area contributed by atoms with E-state index in [1.54, 1.807) is 12.1 Å². The van der Waals surface area contributed by atoms with Crippen LogP contribution in [0.4, 0.5) is 11.4 Å². The first-order chi connectivity index (χ1) is 8.99. The van der Waals surface area contributed by atoms with Crippen LogP contribution in [0.1, 0.15) is 33.1 Å². The summed E-state index contributed by atoms with van der Waals surface area (Å²) in [5.74, 6) is 1.15. The smallest absolute Gasteiger partial charge is 0.292 e. The van der Waals surface area contributed by atoms with Crippen molar-refractivity contribution < 1.29 is 4.92 Å². The third-order valence-corrected chi connectivity index (χ3v) is 4.44. The molecule has 1 fully saturated rings. The minimum atomic E-state index is -0.365. The summed E-state index contributed by atoms with van der Waals surface area (Å²) in [6, 6.07) is 4.94. The van der Waals surface area contributed by atoms with Gasteiger partial charge < -0.3 is 5.32 Å². The molecule has 1 aromatic rings. The highest BCUT2D eigenvalue weighted by Gasteiger charge is 2.28. The molecule has 0 amide bonds. The van der Waals surface area contributed by atoms with Crippen molar-refractivity contribution in [2.45, 2.75) is 39.2 Å². The van der Waals surface area contributed by atoms with Gasteiger partial charge in [-0.1, -0.05) is 38.3 Å². The summed E-state index contributed by atoms with van der Waals surface area (Å²) < 4.78 is 0. The number of halogens is 1. The maximum Gasteiger partial charge on any atom is 0.292 e. The fraction of sp³-hybridized carbons (Fsp3) is 0.571. The van der Waals surface area contributed by atoms with Crippen LogP contribution in [0.3, 0.4) is 0 Å². The van der Waals surface area contributed by atoms with Crippen molar-refractivity contribution >= 4 is 23.0 Å². The predicted molar refractivity (Wildman–Crippen MR) is 77.7 cm³/mol. The van der Waals surface area contributed by atoms with Gasteiger partial charge in [-0.25, -0.2) is 0 Å². The number of nitro benzene ring substituents is 1. The number of nitrogens with one attached hydrogen (secondary N) is 1. The van der Waals surface area contributed by atoms with E-state index in [1.165, 1.54) is 12.5 Å². The van der Waals surface area contributed by atoms with Gasteiger partial charge in [-0.05, 0) is 30.4 Å². The molecule has 0 spiro atoms. The lowest BCUT2D eigenvalue weighted by Gasteiger charge is -2.35. The van der Waals surface area contributed by atoms with Crippen LogP contribution in [0.25, 0.3) is 0 Å². The third kappa shape index (κ3) is 3.18. The van der Waals surface area contributed by atoms with E-state index in [0.29, 0.717) is 22.5 Å². The largest absolute Gasteiger partial charge is 0.376 e. The van der Waals surface area contributed by atoms with Crippen LogP contribution in [-0.4, -0.2) is 11.0 Å². The summed E-state index contributed by atoms with van der Waals surface area (Å²) in [5.41, 5.74) is 0.623. The van der Waals surface area contributed by atoms with E-state index in [1.807, 2.05) is 0 Å². The van der Waals surface area contributed by atoms with Crippen molar-refractivity contribution in [2.75, 3.05) is 5.32 Å². The van der Waals surface area contributed by atoms with Crippen LogP contribution < -0.4 is 5.32 Å². The van der Waals surface area contributed by atoms with Crippen molar-refractivity contribution in [3.05, 3.63) is 33.3 Å². The highest BCUT2D eigenvalue weighted by molar-refractivity contribution is 6.31. The topological polar surface area (TPSA) is 55.2 Å². The molecule has 1 aromatic carbocycles. The van der Waals surface area contributed by atoms with E-state index >= 15 is 0 Å². The Morgan fingerprint density at radius 3 is 2.79 bits per heavy atom. The fourth-order valence-corrected chi connectivity index (χ4v) is 2.94. The standard InChI is InChI=1S/C14H19ClN2O2/c1-9-4-3-5-12(10(9)2)16-13-8-11(15)6-7-14(13)17(18)19/h6-10,12,16H,3-5H2,1-2H3. The van der Waals surface area contributed by atoms with Gasteiger partial charge in [0.2, 0.25) is 0 Å². The summed E-state index contributed by atoms with van der Waals surface area (Å²) in [7, 11) is 0. The van der Waals surface area contributed by atoms with Gasteiger partial charge in [-0.15, -0.1) is 0 Å². The van der Waals surface area contributed by atoms with Crippen molar-refractivity contribution in [3.63, 3.8) is 0 Å². The van der Waals surface area contributed by atoms with Crippen LogP contribution in [0, 0.1) is 22.0 Å². The molecule has 104 valence electrons. The molecular weight excluding hydrogens is 264 g/mol. The number of hydrogen-bond acceptors (Lipinski definition) is 3. The lowest BCUT2D eigenvalue weighted by Crippen LogP contribution is -2.35. The highest BCUT2D eigenvalue weighted by atomic mass is 35.5. The molecule has 0 saturated heterocycles. The second-order valence-electron chi connectivity index (χ2n) is 5.44. The minimum Gasteiger partial charge on any atom is -0.376 e. The van der Waals surface area contributed by atoms with Gasteiger partial charge in [0.1, 0.15) is 5.69 Å². The Labute approximate surface area is 118 Å². The molecule has 3 unspecified atom stereocenters. The highest BCUT2D eigenvalue weighted by Crippen LogP contribution is 2.34. The lowest BCUT2D eigenvalue weighted by atomic mass is 9.78. The first-order valence-corrected chi connectivity index (χ1v) is 7.07. The summed E-state index contributed by atoms with van der Waals surface area (Å²) in [6.07, 6.45) is 3.45. The second-order valence-corrected chi connectivity index (χ2v) is 5.87. The van der Waals surface area contributed by atoms with Gasteiger partial charge in [-0.2, -0.15) is 0 Å². The van der Waals surface area contributed by atoms with Crippen molar-refractivity contribution in [1.82, 2.24) is 0 Å². The zero-order valence-corrected chi connectivity index (χ0v) is 12.0. The fourth-order valence-electron chi connectivity index (χ4n) is 2.77. The molecule has 0 aliphatic heterocycles. The molecule has 1 aliphatic carbocycles. The molecule has 0 radical (unpaired) electrons. The molecule has 2 rings (SSSR count). The third-order valence-electron chi connectivity index (χ3n) is 4.20.